The van der Waals surface area contributed by atoms with Crippen LogP contribution in [0.1, 0.15) is 12.8 Å². The van der Waals surface area contributed by atoms with Crippen molar-refractivity contribution in [1.29, 1.82) is 0 Å². The van der Waals surface area contributed by atoms with Crippen LogP contribution >= 0.6 is 0 Å². The van der Waals surface area contributed by atoms with Crippen LogP contribution in [0.15, 0.2) is 12.1 Å². The SMILES string of the molecule is Cc1ccc(C)[nH]1.[H-].[Na+]. The minimum absolute atomic E-state index is 0. The summed E-state index contributed by atoms with van der Waals surface area (Å²) < 4.78 is 0. The van der Waals surface area contributed by atoms with E-state index in [-0.39, 0.29) is 31.0 Å². The fourth-order valence-corrected chi connectivity index (χ4v) is 0.644. The van der Waals surface area contributed by atoms with E-state index in [1.165, 1.54) is 11.4 Å². The Morgan fingerprint density at radius 3 is 1.75 bits per heavy atom. The van der Waals surface area contributed by atoms with E-state index in [2.05, 4.69) is 17.1 Å². The molecule has 0 aliphatic rings. The summed E-state index contributed by atoms with van der Waals surface area (Å²) in [6.07, 6.45) is 0. The van der Waals surface area contributed by atoms with Crippen molar-refractivity contribution in [2.24, 2.45) is 0 Å². The zero-order valence-electron chi connectivity index (χ0n) is 6.65. The molecule has 1 aromatic rings. The van der Waals surface area contributed by atoms with Crippen LogP contribution < -0.4 is 29.6 Å². The minimum Gasteiger partial charge on any atom is -1.00 e. The minimum atomic E-state index is 0. The van der Waals surface area contributed by atoms with Gasteiger partial charge in [0.25, 0.3) is 0 Å². The third kappa shape index (κ3) is 2.03. The predicted octanol–water partition coefficient (Wildman–Crippen LogP) is -1.25. The molecule has 1 rings (SSSR count). The van der Waals surface area contributed by atoms with Crippen molar-refractivity contribution in [1.82, 2.24) is 4.98 Å². The summed E-state index contributed by atoms with van der Waals surface area (Å²) in [5, 5.41) is 0. The van der Waals surface area contributed by atoms with Crippen LogP contribution in [0.5, 0.6) is 0 Å². The smallest absolute Gasteiger partial charge is 1.00 e. The van der Waals surface area contributed by atoms with Crippen molar-refractivity contribution >= 4 is 0 Å². The predicted molar refractivity (Wildman–Crippen MR) is 31.4 cm³/mol. The zero-order valence-corrected chi connectivity index (χ0v) is 7.65. The molecular weight excluding hydrogens is 109 g/mol. The van der Waals surface area contributed by atoms with Gasteiger partial charge in [-0.25, -0.2) is 0 Å². The van der Waals surface area contributed by atoms with Crippen molar-refractivity contribution in [2.45, 2.75) is 13.8 Å². The van der Waals surface area contributed by atoms with Gasteiger partial charge in [-0.1, -0.05) is 0 Å². The standard InChI is InChI=1S/C6H9N.Na.H/c1-5-3-4-6(2)7-5;;/h3-4,7H,1-2H3;;/q;+1;-1. The number of hydrogen-bond acceptors (Lipinski definition) is 0. The van der Waals surface area contributed by atoms with Crippen molar-refractivity contribution in [2.75, 3.05) is 0 Å². The Kier molecular flexibility index (Phi) is 3.45. The summed E-state index contributed by atoms with van der Waals surface area (Å²) in [6.45, 7) is 4.10. The molecule has 8 heavy (non-hydrogen) atoms. The Bertz CT molecular complexity index is 145. The first kappa shape index (κ1) is 8.28. The molecule has 0 aliphatic carbocycles. The van der Waals surface area contributed by atoms with Gasteiger partial charge in [0.1, 0.15) is 0 Å². The third-order valence-corrected chi connectivity index (χ3v) is 0.978. The van der Waals surface area contributed by atoms with E-state index in [4.69, 9.17) is 0 Å². The molecule has 0 aliphatic heterocycles. The van der Waals surface area contributed by atoms with Gasteiger partial charge in [0.2, 0.25) is 0 Å². The van der Waals surface area contributed by atoms with Gasteiger partial charge in [0.05, 0.1) is 0 Å². The first-order chi connectivity index (χ1) is 3.29. The molecule has 0 spiro atoms. The van der Waals surface area contributed by atoms with Crippen molar-refractivity contribution < 1.29 is 31.0 Å². The molecule has 0 saturated carbocycles. The van der Waals surface area contributed by atoms with Crippen LogP contribution in [-0.4, -0.2) is 4.98 Å². The molecule has 40 valence electrons. The van der Waals surface area contributed by atoms with Gasteiger partial charge >= 0.3 is 29.6 Å². The molecule has 0 atom stereocenters. The average molecular weight is 119 g/mol. The normalized spacial score (nSPS) is 8.25. The number of rotatable bonds is 0. The van der Waals surface area contributed by atoms with Crippen LogP contribution in [0.25, 0.3) is 0 Å². The fourth-order valence-electron chi connectivity index (χ4n) is 0.644. The van der Waals surface area contributed by atoms with Crippen molar-refractivity contribution in [3.8, 4) is 0 Å². The zero-order chi connectivity index (χ0) is 5.28. The maximum atomic E-state index is 3.14. The Balaban J connectivity index is 0. The van der Waals surface area contributed by atoms with Gasteiger partial charge in [-0.3, -0.25) is 0 Å². The molecule has 0 bridgehead atoms. The molecule has 0 amide bonds. The van der Waals surface area contributed by atoms with Gasteiger partial charge < -0.3 is 6.41 Å². The van der Waals surface area contributed by atoms with Gasteiger partial charge in [-0.05, 0) is 26.0 Å². The number of nitrogens with one attached hydrogen (secondary N) is 1. The summed E-state index contributed by atoms with van der Waals surface area (Å²) in [4.78, 5) is 3.14. The van der Waals surface area contributed by atoms with E-state index in [0.29, 0.717) is 0 Å². The summed E-state index contributed by atoms with van der Waals surface area (Å²) in [7, 11) is 0. The maximum absolute atomic E-state index is 3.14. The van der Waals surface area contributed by atoms with Gasteiger partial charge in [-0.15, -0.1) is 0 Å². The Hall–Kier alpha value is 0.280. The Labute approximate surface area is 73.3 Å². The van der Waals surface area contributed by atoms with E-state index in [1.54, 1.807) is 0 Å². The quantitative estimate of drug-likeness (QED) is 0.411. The summed E-state index contributed by atoms with van der Waals surface area (Å²) >= 11 is 0. The van der Waals surface area contributed by atoms with Crippen LogP contribution in [0, 0.1) is 13.8 Å². The third-order valence-electron chi connectivity index (χ3n) is 0.978. The summed E-state index contributed by atoms with van der Waals surface area (Å²) in [6, 6.07) is 4.13. The average Bonchev–Trinajstić information content (AvgIpc) is 1.87. The molecule has 1 N–H and O–H groups in total. The molecule has 0 radical (unpaired) electrons. The second-order valence-corrected chi connectivity index (χ2v) is 1.82. The number of hydrogen-bond donors (Lipinski definition) is 1. The van der Waals surface area contributed by atoms with E-state index in [0.717, 1.165) is 0 Å². The van der Waals surface area contributed by atoms with E-state index >= 15 is 0 Å². The number of H-pyrrole nitrogens is 1. The first-order valence-corrected chi connectivity index (χ1v) is 2.41. The molecule has 0 saturated heterocycles. The van der Waals surface area contributed by atoms with Crippen molar-refractivity contribution in [3.05, 3.63) is 23.5 Å². The van der Waals surface area contributed by atoms with Gasteiger partial charge in [-0.2, -0.15) is 0 Å². The maximum Gasteiger partial charge on any atom is 1.00 e. The van der Waals surface area contributed by atoms with Crippen LogP contribution in [0.2, 0.25) is 0 Å². The van der Waals surface area contributed by atoms with Crippen LogP contribution in [0.3, 0.4) is 0 Å². The molecule has 0 aromatic carbocycles. The molecule has 0 unspecified atom stereocenters. The largest absolute Gasteiger partial charge is 1.00 e. The first-order valence-electron chi connectivity index (χ1n) is 2.41. The van der Waals surface area contributed by atoms with Crippen molar-refractivity contribution in [3.63, 3.8) is 0 Å². The molecule has 0 fully saturated rings. The Morgan fingerprint density at radius 1 is 1.25 bits per heavy atom. The fraction of sp³-hybridized carbons (Fsp3) is 0.333. The monoisotopic (exact) mass is 119 g/mol. The molecule has 1 heterocycles. The summed E-state index contributed by atoms with van der Waals surface area (Å²) in [5.74, 6) is 0. The summed E-state index contributed by atoms with van der Waals surface area (Å²) in [5.41, 5.74) is 2.47. The second-order valence-electron chi connectivity index (χ2n) is 1.82. The van der Waals surface area contributed by atoms with E-state index in [1.807, 2.05) is 13.8 Å². The topological polar surface area (TPSA) is 15.8 Å². The second kappa shape index (κ2) is 3.33. The van der Waals surface area contributed by atoms with Gasteiger partial charge in [0.15, 0.2) is 0 Å². The number of aryl methyl sites for hydroxylation is 2. The number of aromatic nitrogens is 1. The van der Waals surface area contributed by atoms with E-state index in [9.17, 15) is 0 Å². The van der Waals surface area contributed by atoms with Gasteiger partial charge in [0, 0.05) is 11.4 Å². The van der Waals surface area contributed by atoms with Crippen LogP contribution in [-0.2, 0) is 0 Å². The number of aromatic amines is 1. The molecule has 1 aromatic heterocycles. The molecular formula is C6H10NNa. The van der Waals surface area contributed by atoms with Crippen LogP contribution in [0.4, 0.5) is 0 Å². The Morgan fingerprint density at radius 2 is 1.62 bits per heavy atom. The van der Waals surface area contributed by atoms with E-state index < -0.39 is 0 Å². The molecule has 1 nitrogen and oxygen atoms in total. The molecule has 2 heteroatoms.